The predicted molar refractivity (Wildman–Crippen MR) is 112 cm³/mol. The van der Waals surface area contributed by atoms with Crippen molar-refractivity contribution in [2.24, 2.45) is 5.92 Å². The first-order chi connectivity index (χ1) is 14.4. The third kappa shape index (κ3) is 2.92. The number of carbonyl (C=O) groups excluding carboxylic acids is 1. The molecular formula is C23H37N3O5. The van der Waals surface area contributed by atoms with Crippen LogP contribution in [0, 0.1) is 5.92 Å². The van der Waals surface area contributed by atoms with Gasteiger partial charge in [-0.1, -0.05) is 6.08 Å². The number of carbonyl (C=O) groups is 1. The second kappa shape index (κ2) is 6.74. The molecular weight excluding hydrogens is 398 g/mol. The molecule has 1 saturated heterocycles. The lowest BCUT2D eigenvalue weighted by molar-refractivity contribution is -0.298. The number of hydrogen-bond donors (Lipinski definition) is 5. The Morgan fingerprint density at radius 2 is 1.55 bits per heavy atom. The molecule has 174 valence electrons. The standard InChI is InChI=1S/C23H37N3O5/c1-20(2)17-12-21(3,25(20)30)16-13-23(9-6-18(16)28)11-14(24-19(17)29)10-22(26(23)31)7-4-15(27)5-8-22/h12,14-16,18,27-28,30-31H,4-11,13H2,1-3H3,(H,24,29)/t14?,15?,16?,18?,21?,22?,23-/m0/s1. The van der Waals surface area contributed by atoms with Crippen LogP contribution in [0.3, 0.4) is 0 Å². The van der Waals surface area contributed by atoms with Gasteiger partial charge in [0.2, 0.25) is 5.91 Å². The van der Waals surface area contributed by atoms with Crippen molar-refractivity contribution in [1.29, 1.82) is 0 Å². The van der Waals surface area contributed by atoms with Gasteiger partial charge in [-0.2, -0.15) is 10.1 Å². The Bertz CT molecular complexity index is 807. The normalized spacial score (nSPS) is 50.2. The van der Waals surface area contributed by atoms with Crippen molar-refractivity contribution in [3.05, 3.63) is 11.6 Å². The topological polar surface area (TPSA) is 116 Å². The molecule has 0 aromatic heterocycles. The van der Waals surface area contributed by atoms with E-state index < -0.39 is 28.3 Å². The van der Waals surface area contributed by atoms with E-state index in [1.54, 1.807) is 5.06 Å². The number of rotatable bonds is 0. The minimum absolute atomic E-state index is 0.101. The van der Waals surface area contributed by atoms with E-state index in [9.17, 15) is 25.4 Å². The summed E-state index contributed by atoms with van der Waals surface area (Å²) in [6, 6.07) is -0.101. The van der Waals surface area contributed by atoms with Gasteiger partial charge in [0.25, 0.3) is 0 Å². The Balaban J connectivity index is 1.62. The monoisotopic (exact) mass is 435 g/mol. The maximum atomic E-state index is 13.4. The van der Waals surface area contributed by atoms with E-state index in [0.717, 1.165) is 0 Å². The molecule has 5 aliphatic rings. The molecule has 2 saturated carbocycles. The molecule has 0 aromatic carbocycles. The molecule has 3 heterocycles. The first-order valence-corrected chi connectivity index (χ1v) is 11.8. The van der Waals surface area contributed by atoms with Crippen molar-refractivity contribution in [2.75, 3.05) is 0 Å². The van der Waals surface area contributed by atoms with Gasteiger partial charge in [-0.15, -0.1) is 0 Å². The van der Waals surface area contributed by atoms with Crippen molar-refractivity contribution in [2.45, 2.75) is 119 Å². The molecule has 0 radical (unpaired) electrons. The van der Waals surface area contributed by atoms with Gasteiger partial charge >= 0.3 is 0 Å². The largest absolute Gasteiger partial charge is 0.393 e. The summed E-state index contributed by atoms with van der Waals surface area (Å²) >= 11 is 0. The number of aliphatic hydroxyl groups is 2. The highest BCUT2D eigenvalue weighted by Crippen LogP contribution is 2.56. The Morgan fingerprint density at radius 3 is 2.23 bits per heavy atom. The Morgan fingerprint density at radius 1 is 0.935 bits per heavy atom. The molecule has 5 rings (SSSR count). The van der Waals surface area contributed by atoms with Crippen LogP contribution in [0.2, 0.25) is 0 Å². The predicted octanol–water partition coefficient (Wildman–Crippen LogP) is 1.71. The zero-order valence-electron chi connectivity index (χ0n) is 18.8. The number of fused-ring (bicyclic) bond motifs is 4. The molecule has 0 aromatic rings. The maximum absolute atomic E-state index is 13.4. The van der Waals surface area contributed by atoms with Crippen molar-refractivity contribution in [3.8, 4) is 0 Å². The highest BCUT2D eigenvalue weighted by molar-refractivity contribution is 5.96. The summed E-state index contributed by atoms with van der Waals surface area (Å²) < 4.78 is 0. The van der Waals surface area contributed by atoms with Gasteiger partial charge < -0.3 is 25.9 Å². The molecule has 4 unspecified atom stereocenters. The number of hydrogen-bond acceptors (Lipinski definition) is 7. The molecule has 5 bridgehead atoms. The molecule has 2 aliphatic carbocycles. The molecule has 5 N–H and O–H groups in total. The minimum atomic E-state index is -0.913. The van der Waals surface area contributed by atoms with Crippen LogP contribution < -0.4 is 5.32 Å². The number of hydroxylamine groups is 4. The van der Waals surface area contributed by atoms with E-state index in [4.69, 9.17) is 0 Å². The van der Waals surface area contributed by atoms with Gasteiger partial charge in [0.15, 0.2) is 0 Å². The fraction of sp³-hybridized carbons (Fsp3) is 0.870. The van der Waals surface area contributed by atoms with Gasteiger partial charge in [-0.05, 0) is 78.6 Å². The van der Waals surface area contributed by atoms with Crippen molar-refractivity contribution in [1.82, 2.24) is 15.4 Å². The van der Waals surface area contributed by atoms with E-state index in [1.807, 2.05) is 26.8 Å². The van der Waals surface area contributed by atoms with Crippen molar-refractivity contribution >= 4 is 5.91 Å². The van der Waals surface area contributed by atoms with Crippen LogP contribution in [0.1, 0.15) is 78.6 Å². The lowest BCUT2D eigenvalue weighted by Gasteiger charge is -2.62. The summed E-state index contributed by atoms with van der Waals surface area (Å²) in [4.78, 5) is 13.4. The van der Waals surface area contributed by atoms with Crippen LogP contribution in [0.25, 0.3) is 0 Å². The Hall–Kier alpha value is -1.03. The van der Waals surface area contributed by atoms with Gasteiger partial charge in [0.05, 0.1) is 23.3 Å². The average Bonchev–Trinajstić information content (AvgIpc) is 2.90. The van der Waals surface area contributed by atoms with Crippen LogP contribution in [-0.2, 0) is 4.79 Å². The second-order valence-electron chi connectivity index (χ2n) is 11.6. The van der Waals surface area contributed by atoms with E-state index >= 15 is 0 Å². The van der Waals surface area contributed by atoms with Crippen LogP contribution in [0.5, 0.6) is 0 Å². The van der Waals surface area contributed by atoms with E-state index in [-0.39, 0.29) is 24.0 Å². The summed E-state index contributed by atoms with van der Waals surface area (Å²) in [5, 5.41) is 50.1. The minimum Gasteiger partial charge on any atom is -0.393 e. The van der Waals surface area contributed by atoms with Crippen molar-refractivity contribution < 1.29 is 25.4 Å². The van der Waals surface area contributed by atoms with E-state index in [0.29, 0.717) is 63.4 Å². The number of piperidine rings is 1. The smallest absolute Gasteiger partial charge is 0.249 e. The first-order valence-electron chi connectivity index (χ1n) is 11.8. The van der Waals surface area contributed by atoms with Gasteiger partial charge in [-0.25, -0.2) is 0 Å². The third-order valence-electron chi connectivity index (χ3n) is 9.42. The zero-order chi connectivity index (χ0) is 22.4. The molecule has 3 fully saturated rings. The fourth-order valence-corrected chi connectivity index (χ4v) is 7.68. The second-order valence-corrected chi connectivity index (χ2v) is 11.6. The first kappa shape index (κ1) is 21.8. The molecule has 8 heteroatoms. The van der Waals surface area contributed by atoms with Crippen LogP contribution >= 0.6 is 0 Å². The summed E-state index contributed by atoms with van der Waals surface area (Å²) in [5.41, 5.74) is -2.33. The van der Waals surface area contributed by atoms with E-state index in [2.05, 4.69) is 5.32 Å². The van der Waals surface area contributed by atoms with Gasteiger partial charge in [0, 0.05) is 28.6 Å². The quantitative estimate of drug-likeness (QED) is 0.393. The van der Waals surface area contributed by atoms with Crippen molar-refractivity contribution in [3.63, 3.8) is 0 Å². The van der Waals surface area contributed by atoms with Gasteiger partial charge in [0.1, 0.15) is 0 Å². The number of aliphatic hydroxyl groups excluding tert-OH is 2. The summed E-state index contributed by atoms with van der Waals surface area (Å²) in [5.74, 6) is -0.506. The van der Waals surface area contributed by atoms with Crippen LogP contribution in [-0.4, -0.2) is 77.1 Å². The summed E-state index contributed by atoms with van der Waals surface area (Å²) in [6.45, 7) is 5.56. The molecule has 31 heavy (non-hydrogen) atoms. The van der Waals surface area contributed by atoms with Gasteiger partial charge in [-0.3, -0.25) is 4.79 Å². The number of nitrogens with one attached hydrogen (secondary N) is 1. The highest BCUT2D eigenvalue weighted by atomic mass is 16.5. The highest BCUT2D eigenvalue weighted by Gasteiger charge is 2.63. The molecule has 1 amide bonds. The average molecular weight is 436 g/mol. The number of amides is 1. The lowest BCUT2D eigenvalue weighted by Crippen LogP contribution is -2.71. The molecule has 5 atom stereocenters. The Kier molecular flexibility index (Phi) is 4.74. The lowest BCUT2D eigenvalue weighted by atomic mass is 9.60. The molecule has 2 spiro atoms. The molecule has 8 nitrogen and oxygen atoms in total. The zero-order valence-corrected chi connectivity index (χ0v) is 18.8. The summed E-state index contributed by atoms with van der Waals surface area (Å²) in [6.07, 6.45) is 6.49. The summed E-state index contributed by atoms with van der Waals surface area (Å²) in [7, 11) is 0. The fourth-order valence-electron chi connectivity index (χ4n) is 7.68. The third-order valence-corrected chi connectivity index (χ3v) is 9.42. The SMILES string of the molecule is CC1(C)C2=CC(C)(C3C[C@]4(CCC3O)CC(CC3(CCC(O)CC3)N4O)NC2=O)N1O. The van der Waals surface area contributed by atoms with Crippen LogP contribution in [0.15, 0.2) is 11.6 Å². The Labute approximate surface area is 183 Å². The maximum Gasteiger partial charge on any atom is 0.249 e. The molecule has 3 aliphatic heterocycles. The number of nitrogens with zero attached hydrogens (tertiary/aromatic N) is 2. The van der Waals surface area contributed by atoms with E-state index in [1.165, 1.54) is 5.06 Å². The van der Waals surface area contributed by atoms with Crippen LogP contribution in [0.4, 0.5) is 0 Å².